The molecule has 0 aliphatic rings. The summed E-state index contributed by atoms with van der Waals surface area (Å²) in [6, 6.07) is 8.10. The van der Waals surface area contributed by atoms with Gasteiger partial charge in [0.2, 0.25) is 5.91 Å². The molecule has 1 amide bonds. The van der Waals surface area contributed by atoms with E-state index in [1.165, 1.54) is 23.9 Å². The number of carbonyl (C=O) groups is 1. The Kier molecular flexibility index (Phi) is 5.65. The minimum atomic E-state index is -0.357. The number of hydrogen-bond donors (Lipinski definition) is 0. The summed E-state index contributed by atoms with van der Waals surface area (Å²) < 4.78 is 20.5. The van der Waals surface area contributed by atoms with E-state index in [0.29, 0.717) is 17.5 Å². The fourth-order valence-corrected chi connectivity index (χ4v) is 3.70. The first-order valence-corrected chi connectivity index (χ1v) is 9.34. The van der Waals surface area contributed by atoms with E-state index in [4.69, 9.17) is 4.42 Å². The summed E-state index contributed by atoms with van der Waals surface area (Å²) in [6.45, 7) is 4.04. The highest BCUT2D eigenvalue weighted by atomic mass is 32.2. The third kappa shape index (κ3) is 4.21. The average Bonchev–Trinajstić information content (AvgIpc) is 3.20. The highest BCUT2D eigenvalue weighted by Gasteiger charge is 2.23. The van der Waals surface area contributed by atoms with Gasteiger partial charge in [-0.15, -0.1) is 10.2 Å². The molecular weight excluding hydrogens is 367 g/mol. The number of rotatable bonds is 6. The first-order chi connectivity index (χ1) is 12.9. The molecule has 27 heavy (non-hydrogen) atoms. The van der Waals surface area contributed by atoms with Crippen molar-refractivity contribution >= 4 is 17.7 Å². The highest BCUT2D eigenvalue weighted by molar-refractivity contribution is 8.00. The highest BCUT2D eigenvalue weighted by Crippen LogP contribution is 2.28. The number of nitrogens with zero attached hydrogens (tertiary/aromatic N) is 4. The van der Waals surface area contributed by atoms with Crippen LogP contribution in [-0.4, -0.2) is 37.9 Å². The second kappa shape index (κ2) is 7.96. The van der Waals surface area contributed by atoms with E-state index < -0.39 is 0 Å². The molecule has 0 N–H and O–H groups in total. The van der Waals surface area contributed by atoms with Crippen LogP contribution in [0.4, 0.5) is 4.39 Å². The Morgan fingerprint density at radius 1 is 1.37 bits per heavy atom. The lowest BCUT2D eigenvalue weighted by molar-refractivity contribution is -0.129. The molecule has 0 bridgehead atoms. The lowest BCUT2D eigenvalue weighted by Gasteiger charge is -2.21. The minimum absolute atomic E-state index is 0.0618. The number of hydrogen-bond acceptors (Lipinski definition) is 5. The Balaban J connectivity index is 1.68. The SMILES string of the molecule is Cc1occc1-c1nnc(SC(C)C(=O)N(C)Cc2cccc(F)c2)n1C. The molecule has 8 heteroatoms. The lowest BCUT2D eigenvalue weighted by Crippen LogP contribution is -2.33. The van der Waals surface area contributed by atoms with Crippen molar-refractivity contribution < 1.29 is 13.6 Å². The molecule has 0 fully saturated rings. The predicted molar refractivity (Wildman–Crippen MR) is 102 cm³/mol. The molecule has 142 valence electrons. The van der Waals surface area contributed by atoms with Crippen LogP contribution in [0.25, 0.3) is 11.4 Å². The number of furan rings is 1. The van der Waals surface area contributed by atoms with Crippen LogP contribution < -0.4 is 0 Å². The summed E-state index contributed by atoms with van der Waals surface area (Å²) in [5, 5.41) is 8.71. The van der Waals surface area contributed by atoms with Crippen LogP contribution in [0.2, 0.25) is 0 Å². The Labute approximate surface area is 161 Å². The molecule has 3 aromatic rings. The Morgan fingerprint density at radius 3 is 2.81 bits per heavy atom. The lowest BCUT2D eigenvalue weighted by atomic mass is 10.2. The summed E-state index contributed by atoms with van der Waals surface area (Å²) in [7, 11) is 3.57. The Bertz CT molecular complexity index is 953. The van der Waals surface area contributed by atoms with Crippen molar-refractivity contribution in [1.29, 1.82) is 0 Å². The van der Waals surface area contributed by atoms with Gasteiger partial charge in [-0.1, -0.05) is 23.9 Å². The normalized spacial score (nSPS) is 12.2. The van der Waals surface area contributed by atoms with Crippen LogP contribution in [-0.2, 0) is 18.4 Å². The van der Waals surface area contributed by atoms with E-state index in [1.54, 1.807) is 30.3 Å². The standard InChI is InChI=1S/C19H21FN4O2S/c1-12-16(8-9-26-12)17-21-22-19(24(17)4)27-13(2)18(25)23(3)11-14-6-5-7-15(20)10-14/h5-10,13H,11H2,1-4H3. The van der Waals surface area contributed by atoms with E-state index >= 15 is 0 Å². The van der Waals surface area contributed by atoms with Gasteiger partial charge in [0.1, 0.15) is 11.6 Å². The second-order valence-corrected chi connectivity index (χ2v) is 7.65. The van der Waals surface area contributed by atoms with Gasteiger partial charge in [0.25, 0.3) is 0 Å². The zero-order valence-electron chi connectivity index (χ0n) is 15.6. The largest absolute Gasteiger partial charge is 0.469 e. The molecular formula is C19H21FN4O2S. The molecule has 1 atom stereocenters. The molecule has 0 aliphatic heterocycles. The Hall–Kier alpha value is -2.61. The maximum Gasteiger partial charge on any atom is 0.235 e. The van der Waals surface area contributed by atoms with E-state index in [1.807, 2.05) is 31.5 Å². The summed E-state index contributed by atoms with van der Waals surface area (Å²) in [6.07, 6.45) is 1.61. The van der Waals surface area contributed by atoms with Crippen LogP contribution in [0.3, 0.4) is 0 Å². The second-order valence-electron chi connectivity index (χ2n) is 6.34. The Morgan fingerprint density at radius 2 is 2.15 bits per heavy atom. The predicted octanol–water partition coefficient (Wildman–Crippen LogP) is 3.66. The van der Waals surface area contributed by atoms with Crippen molar-refractivity contribution in [3.8, 4) is 11.4 Å². The molecule has 0 saturated carbocycles. The van der Waals surface area contributed by atoms with Gasteiger partial charge in [0.15, 0.2) is 11.0 Å². The minimum Gasteiger partial charge on any atom is -0.469 e. The van der Waals surface area contributed by atoms with Crippen LogP contribution in [0, 0.1) is 12.7 Å². The van der Waals surface area contributed by atoms with Crippen molar-refractivity contribution in [3.63, 3.8) is 0 Å². The average molecular weight is 388 g/mol. The van der Waals surface area contributed by atoms with E-state index in [-0.39, 0.29) is 17.0 Å². The fraction of sp³-hybridized carbons (Fsp3) is 0.316. The third-order valence-corrected chi connectivity index (χ3v) is 5.37. The van der Waals surface area contributed by atoms with Gasteiger partial charge in [-0.3, -0.25) is 4.79 Å². The van der Waals surface area contributed by atoms with Crippen molar-refractivity contribution in [3.05, 3.63) is 53.7 Å². The topological polar surface area (TPSA) is 64.2 Å². The molecule has 0 saturated heterocycles. The molecule has 6 nitrogen and oxygen atoms in total. The maximum absolute atomic E-state index is 13.3. The van der Waals surface area contributed by atoms with Gasteiger partial charge in [0.05, 0.1) is 17.1 Å². The number of amides is 1. The molecule has 1 aromatic carbocycles. The zero-order chi connectivity index (χ0) is 19.6. The molecule has 0 radical (unpaired) electrons. The molecule has 0 spiro atoms. The van der Waals surface area contributed by atoms with Crippen molar-refractivity contribution in [2.75, 3.05) is 7.05 Å². The molecule has 2 aromatic heterocycles. The summed E-state index contributed by atoms with van der Waals surface area (Å²) in [5.74, 6) is 1.09. The third-order valence-electron chi connectivity index (χ3n) is 4.25. The number of aromatic nitrogens is 3. The first kappa shape index (κ1) is 19.2. The van der Waals surface area contributed by atoms with Gasteiger partial charge < -0.3 is 13.9 Å². The monoisotopic (exact) mass is 388 g/mol. The summed E-state index contributed by atoms with van der Waals surface area (Å²) in [5.41, 5.74) is 1.62. The van der Waals surface area contributed by atoms with E-state index in [0.717, 1.165) is 16.9 Å². The zero-order valence-corrected chi connectivity index (χ0v) is 16.5. The molecule has 1 unspecified atom stereocenters. The molecule has 3 rings (SSSR count). The van der Waals surface area contributed by atoms with Crippen LogP contribution in [0.1, 0.15) is 18.2 Å². The molecule has 2 heterocycles. The number of aryl methyl sites for hydroxylation is 1. The quantitative estimate of drug-likeness (QED) is 0.603. The number of carbonyl (C=O) groups excluding carboxylic acids is 1. The van der Waals surface area contributed by atoms with Gasteiger partial charge in [-0.25, -0.2) is 4.39 Å². The summed E-state index contributed by atoms with van der Waals surface area (Å²) in [4.78, 5) is 14.3. The van der Waals surface area contributed by atoms with Crippen molar-refractivity contribution in [2.24, 2.45) is 7.05 Å². The molecule has 0 aliphatic carbocycles. The van der Waals surface area contributed by atoms with Crippen molar-refractivity contribution in [1.82, 2.24) is 19.7 Å². The van der Waals surface area contributed by atoms with Crippen LogP contribution >= 0.6 is 11.8 Å². The fourth-order valence-electron chi connectivity index (χ4n) is 2.77. The van der Waals surface area contributed by atoms with E-state index in [2.05, 4.69) is 10.2 Å². The first-order valence-electron chi connectivity index (χ1n) is 8.46. The smallest absolute Gasteiger partial charge is 0.235 e. The van der Waals surface area contributed by atoms with E-state index in [9.17, 15) is 9.18 Å². The summed E-state index contributed by atoms with van der Waals surface area (Å²) >= 11 is 1.34. The van der Waals surface area contributed by atoms with Gasteiger partial charge in [-0.05, 0) is 37.6 Å². The van der Waals surface area contributed by atoms with Gasteiger partial charge in [0, 0.05) is 20.6 Å². The number of benzene rings is 1. The number of thioether (sulfide) groups is 1. The van der Waals surface area contributed by atoms with Gasteiger partial charge >= 0.3 is 0 Å². The van der Waals surface area contributed by atoms with Crippen LogP contribution in [0.5, 0.6) is 0 Å². The van der Waals surface area contributed by atoms with Crippen LogP contribution in [0.15, 0.2) is 46.2 Å². The van der Waals surface area contributed by atoms with Crippen molar-refractivity contribution in [2.45, 2.75) is 30.8 Å². The van der Waals surface area contributed by atoms with Gasteiger partial charge in [-0.2, -0.15) is 0 Å². The number of halogens is 1. The maximum atomic E-state index is 13.3.